The van der Waals surface area contributed by atoms with E-state index in [9.17, 15) is 14.7 Å². The fourth-order valence-electron chi connectivity index (χ4n) is 1.67. The van der Waals surface area contributed by atoms with Gasteiger partial charge in [0.05, 0.1) is 11.8 Å². The number of nitrogens with zero attached hydrogens (tertiary/aromatic N) is 1. The van der Waals surface area contributed by atoms with E-state index in [-0.39, 0.29) is 5.56 Å². The minimum atomic E-state index is -1.63. The molecule has 0 aliphatic heterocycles. The number of carbonyl (C=O) groups excluding carboxylic acids is 1. The van der Waals surface area contributed by atoms with Crippen LogP contribution in [-0.2, 0) is 16.0 Å². The standard InChI is InChI=1S/C14H11NO5/c16-12(6-13(17)14(18)19)11-8-20-7-10(11)5-9-1-3-15-4-2-9/h1-4,6-8,16H,5H2,(H,18,19). The maximum absolute atomic E-state index is 11.0. The normalized spacial score (nSPS) is 11.3. The summed E-state index contributed by atoms with van der Waals surface area (Å²) in [4.78, 5) is 25.4. The van der Waals surface area contributed by atoms with Gasteiger partial charge < -0.3 is 14.6 Å². The van der Waals surface area contributed by atoms with Crippen LogP contribution in [0.15, 0.2) is 47.5 Å². The van der Waals surface area contributed by atoms with Crippen molar-refractivity contribution in [2.45, 2.75) is 6.42 Å². The highest BCUT2D eigenvalue weighted by atomic mass is 16.4. The van der Waals surface area contributed by atoms with Gasteiger partial charge in [0.2, 0.25) is 0 Å². The molecule has 2 heterocycles. The van der Waals surface area contributed by atoms with E-state index in [1.165, 1.54) is 12.5 Å². The molecule has 0 saturated carbocycles. The first-order chi connectivity index (χ1) is 9.58. The SMILES string of the molecule is O=C(O)C(=O)C=C(O)c1cocc1Cc1ccncc1. The Morgan fingerprint density at radius 1 is 1.20 bits per heavy atom. The number of aliphatic hydroxyl groups is 1. The Kier molecular flexibility index (Phi) is 3.95. The predicted octanol–water partition coefficient (Wildman–Crippen LogP) is 1.82. The Balaban J connectivity index is 2.25. The lowest BCUT2D eigenvalue weighted by Gasteiger charge is -2.02. The van der Waals surface area contributed by atoms with Gasteiger partial charge in [-0.15, -0.1) is 0 Å². The molecule has 102 valence electrons. The van der Waals surface area contributed by atoms with Crippen molar-refractivity contribution >= 4 is 17.5 Å². The van der Waals surface area contributed by atoms with Crippen LogP contribution in [-0.4, -0.2) is 26.9 Å². The second-order valence-corrected chi connectivity index (χ2v) is 4.04. The summed E-state index contributed by atoms with van der Waals surface area (Å²) >= 11 is 0. The molecular weight excluding hydrogens is 262 g/mol. The van der Waals surface area contributed by atoms with E-state index in [0.29, 0.717) is 18.1 Å². The van der Waals surface area contributed by atoms with Crippen LogP contribution in [0.4, 0.5) is 0 Å². The number of furan rings is 1. The lowest BCUT2D eigenvalue weighted by molar-refractivity contribution is -0.146. The van der Waals surface area contributed by atoms with Crippen molar-refractivity contribution in [3.63, 3.8) is 0 Å². The first-order valence-corrected chi connectivity index (χ1v) is 5.70. The molecule has 20 heavy (non-hydrogen) atoms. The molecule has 0 fully saturated rings. The molecule has 0 amide bonds. The van der Waals surface area contributed by atoms with E-state index < -0.39 is 17.5 Å². The van der Waals surface area contributed by atoms with Crippen LogP contribution in [0.3, 0.4) is 0 Å². The molecule has 0 saturated heterocycles. The molecule has 2 rings (SSSR count). The summed E-state index contributed by atoms with van der Waals surface area (Å²) in [6, 6.07) is 3.61. The van der Waals surface area contributed by atoms with Crippen molar-refractivity contribution in [2.75, 3.05) is 0 Å². The molecule has 0 aliphatic carbocycles. The molecule has 2 aromatic heterocycles. The maximum atomic E-state index is 11.0. The molecular formula is C14H11NO5. The van der Waals surface area contributed by atoms with Crippen molar-refractivity contribution < 1.29 is 24.2 Å². The second-order valence-electron chi connectivity index (χ2n) is 4.04. The highest BCUT2D eigenvalue weighted by molar-refractivity contribution is 6.38. The van der Waals surface area contributed by atoms with Crippen molar-refractivity contribution in [1.82, 2.24) is 4.98 Å². The maximum Gasteiger partial charge on any atom is 0.376 e. The highest BCUT2D eigenvalue weighted by Crippen LogP contribution is 2.21. The van der Waals surface area contributed by atoms with Crippen LogP contribution < -0.4 is 0 Å². The Morgan fingerprint density at radius 2 is 1.90 bits per heavy atom. The molecule has 6 heteroatoms. The number of carbonyl (C=O) groups is 2. The first kappa shape index (κ1) is 13.5. The zero-order valence-corrected chi connectivity index (χ0v) is 10.3. The number of aliphatic hydroxyl groups excluding tert-OH is 1. The average molecular weight is 273 g/mol. The topological polar surface area (TPSA) is 101 Å². The summed E-state index contributed by atoms with van der Waals surface area (Å²) in [5.41, 5.74) is 1.87. The lowest BCUT2D eigenvalue weighted by Crippen LogP contribution is -2.09. The van der Waals surface area contributed by atoms with Crippen molar-refractivity contribution in [1.29, 1.82) is 0 Å². The fraction of sp³-hybridized carbons (Fsp3) is 0.0714. The molecule has 0 atom stereocenters. The Bertz CT molecular complexity index is 657. The van der Waals surface area contributed by atoms with Crippen LogP contribution in [0.1, 0.15) is 16.7 Å². The number of carboxylic acids is 1. The minimum Gasteiger partial charge on any atom is -0.507 e. The molecule has 0 aromatic carbocycles. The highest BCUT2D eigenvalue weighted by Gasteiger charge is 2.14. The first-order valence-electron chi connectivity index (χ1n) is 5.70. The smallest absolute Gasteiger partial charge is 0.376 e. The van der Waals surface area contributed by atoms with Gasteiger partial charge in [0, 0.05) is 30.5 Å². The summed E-state index contributed by atoms with van der Waals surface area (Å²) < 4.78 is 5.01. The van der Waals surface area contributed by atoms with Gasteiger partial charge in [-0.1, -0.05) is 0 Å². The summed E-state index contributed by atoms with van der Waals surface area (Å²) in [6.07, 6.45) is 7.09. The summed E-state index contributed by atoms with van der Waals surface area (Å²) in [5, 5.41) is 18.3. The van der Waals surface area contributed by atoms with Crippen LogP contribution in [0.2, 0.25) is 0 Å². The monoisotopic (exact) mass is 273 g/mol. The number of hydrogen-bond donors (Lipinski definition) is 2. The van der Waals surface area contributed by atoms with Crippen LogP contribution in [0.5, 0.6) is 0 Å². The van der Waals surface area contributed by atoms with Gasteiger partial charge in [-0.2, -0.15) is 0 Å². The molecule has 6 nitrogen and oxygen atoms in total. The summed E-state index contributed by atoms with van der Waals surface area (Å²) in [5.74, 6) is -3.26. The molecule has 0 radical (unpaired) electrons. The average Bonchev–Trinajstić information content (AvgIpc) is 2.88. The van der Waals surface area contributed by atoms with Gasteiger partial charge in [-0.3, -0.25) is 9.78 Å². The molecule has 2 aromatic rings. The quantitative estimate of drug-likeness (QED) is 0.489. The lowest BCUT2D eigenvalue weighted by atomic mass is 10.0. The van der Waals surface area contributed by atoms with Gasteiger partial charge >= 0.3 is 5.97 Å². The van der Waals surface area contributed by atoms with Gasteiger partial charge in [0.15, 0.2) is 0 Å². The van der Waals surface area contributed by atoms with E-state index in [1.807, 2.05) is 0 Å². The second kappa shape index (κ2) is 5.83. The van der Waals surface area contributed by atoms with Gasteiger partial charge in [0.25, 0.3) is 5.78 Å². The van der Waals surface area contributed by atoms with Crippen LogP contribution in [0, 0.1) is 0 Å². The zero-order valence-electron chi connectivity index (χ0n) is 10.3. The van der Waals surface area contributed by atoms with E-state index in [0.717, 1.165) is 5.56 Å². The largest absolute Gasteiger partial charge is 0.507 e. The zero-order chi connectivity index (χ0) is 14.5. The molecule has 2 N–H and O–H groups in total. The number of aliphatic carboxylic acids is 1. The minimum absolute atomic E-state index is 0.288. The number of hydrogen-bond acceptors (Lipinski definition) is 5. The number of pyridine rings is 1. The third-order valence-electron chi connectivity index (χ3n) is 2.64. The molecule has 0 spiro atoms. The van der Waals surface area contributed by atoms with Crippen molar-refractivity contribution in [3.05, 3.63) is 59.8 Å². The summed E-state index contributed by atoms with van der Waals surface area (Å²) in [6.45, 7) is 0. The Hall–Kier alpha value is -2.89. The van der Waals surface area contributed by atoms with E-state index in [1.54, 1.807) is 24.5 Å². The number of carboxylic acid groups (broad SMARTS) is 1. The molecule has 0 unspecified atom stereocenters. The van der Waals surface area contributed by atoms with Crippen LogP contribution in [0.25, 0.3) is 5.76 Å². The Labute approximate surface area is 114 Å². The number of aromatic nitrogens is 1. The number of rotatable bonds is 5. The third kappa shape index (κ3) is 3.11. The fourth-order valence-corrected chi connectivity index (χ4v) is 1.67. The summed E-state index contributed by atoms with van der Waals surface area (Å²) in [7, 11) is 0. The number of ketones is 1. The van der Waals surface area contributed by atoms with Gasteiger partial charge in [-0.05, 0) is 17.7 Å². The van der Waals surface area contributed by atoms with E-state index >= 15 is 0 Å². The third-order valence-corrected chi connectivity index (χ3v) is 2.64. The van der Waals surface area contributed by atoms with E-state index in [2.05, 4.69) is 4.98 Å². The van der Waals surface area contributed by atoms with Gasteiger partial charge in [0.1, 0.15) is 12.0 Å². The van der Waals surface area contributed by atoms with Crippen molar-refractivity contribution in [2.24, 2.45) is 0 Å². The van der Waals surface area contributed by atoms with Crippen LogP contribution >= 0.6 is 0 Å². The van der Waals surface area contributed by atoms with Crippen molar-refractivity contribution in [3.8, 4) is 0 Å². The molecule has 0 aliphatic rings. The predicted molar refractivity (Wildman–Crippen MR) is 69.0 cm³/mol. The van der Waals surface area contributed by atoms with E-state index in [4.69, 9.17) is 9.52 Å². The Morgan fingerprint density at radius 3 is 2.55 bits per heavy atom. The van der Waals surface area contributed by atoms with Gasteiger partial charge in [-0.25, -0.2) is 4.79 Å². The molecule has 0 bridgehead atoms.